The van der Waals surface area contributed by atoms with Gasteiger partial charge in [-0.3, -0.25) is 19.0 Å². The van der Waals surface area contributed by atoms with Crippen LogP contribution in [0.1, 0.15) is 42.3 Å². The number of carbonyl (C=O) groups is 2. The van der Waals surface area contributed by atoms with Crippen molar-refractivity contribution in [2.45, 2.75) is 45.4 Å². The topological polar surface area (TPSA) is 221 Å². The lowest BCUT2D eigenvalue weighted by molar-refractivity contribution is -0.121. The lowest BCUT2D eigenvalue weighted by Gasteiger charge is -2.26. The Balaban J connectivity index is 0.00000301. The number of aliphatic hydroxyl groups is 2. The monoisotopic (exact) mass is 580 g/mol. The van der Waals surface area contributed by atoms with Crippen molar-refractivity contribution < 1.29 is 19.8 Å². The Bertz CT molecular complexity index is 1430. The number of amides is 2. The molecule has 0 aliphatic rings. The number of benzene rings is 2. The molecule has 0 atom stereocenters. The minimum atomic E-state index is -1.26. The standard InChI is InChI=1S/C28H35N7O5.CH5N/c1-17(2)33-25-27(40)35(14-24(38)31-12-19-6-4-18(11-29)5-7-19)23(13-32-25)20-8-21(10-22(30)9-20)26(39)34-28(3,15-36)16-37;1-2/h4-11,13,17,29,36-37H,12,14-16,30H2,1-3H3,(H,31,38)(H,32,33)(H,34,39);2H2,1H3. The van der Waals surface area contributed by atoms with Crippen LogP contribution in [0.15, 0.2) is 53.5 Å². The Morgan fingerprint density at radius 3 is 2.33 bits per heavy atom. The zero-order valence-electron chi connectivity index (χ0n) is 24.3. The van der Waals surface area contributed by atoms with E-state index in [-0.39, 0.29) is 41.9 Å². The van der Waals surface area contributed by atoms with Crippen molar-refractivity contribution in [3.8, 4) is 11.3 Å². The molecule has 42 heavy (non-hydrogen) atoms. The molecule has 0 fully saturated rings. The molecule has 0 aliphatic heterocycles. The van der Waals surface area contributed by atoms with Crippen LogP contribution in [0.3, 0.4) is 0 Å². The number of rotatable bonds is 12. The van der Waals surface area contributed by atoms with Gasteiger partial charge < -0.3 is 43.0 Å². The molecular weight excluding hydrogens is 540 g/mol. The highest BCUT2D eigenvalue weighted by molar-refractivity contribution is 5.97. The highest BCUT2D eigenvalue weighted by atomic mass is 16.3. The van der Waals surface area contributed by atoms with Gasteiger partial charge in [-0.1, -0.05) is 24.3 Å². The summed E-state index contributed by atoms with van der Waals surface area (Å²) in [7, 11) is 1.50. The maximum atomic E-state index is 13.4. The molecular formula is C29H40N8O5. The molecule has 0 aliphatic carbocycles. The summed E-state index contributed by atoms with van der Waals surface area (Å²) >= 11 is 0. The predicted octanol–water partition coefficient (Wildman–Crippen LogP) is 0.675. The van der Waals surface area contributed by atoms with E-state index >= 15 is 0 Å². The molecule has 0 bridgehead atoms. The fourth-order valence-electron chi connectivity index (χ4n) is 3.79. The van der Waals surface area contributed by atoms with Crippen molar-refractivity contribution in [3.05, 3.63) is 75.7 Å². The Morgan fingerprint density at radius 1 is 1.12 bits per heavy atom. The Kier molecular flexibility index (Phi) is 12.3. The fourth-order valence-corrected chi connectivity index (χ4v) is 3.79. The van der Waals surface area contributed by atoms with E-state index in [2.05, 4.69) is 26.7 Å². The van der Waals surface area contributed by atoms with Crippen LogP contribution in [0.25, 0.3) is 11.3 Å². The number of nitrogens with two attached hydrogens (primary N) is 2. The Hall–Kier alpha value is -4.59. The molecule has 0 spiro atoms. The largest absolute Gasteiger partial charge is 0.399 e. The minimum Gasteiger partial charge on any atom is -0.399 e. The van der Waals surface area contributed by atoms with E-state index in [4.69, 9.17) is 11.1 Å². The molecule has 0 saturated carbocycles. The zero-order valence-corrected chi connectivity index (χ0v) is 24.3. The molecule has 13 nitrogen and oxygen atoms in total. The van der Waals surface area contributed by atoms with Crippen molar-refractivity contribution in [1.29, 1.82) is 5.41 Å². The van der Waals surface area contributed by atoms with Crippen molar-refractivity contribution in [2.24, 2.45) is 5.73 Å². The van der Waals surface area contributed by atoms with Crippen LogP contribution in [-0.2, 0) is 17.9 Å². The number of nitrogen functional groups attached to an aromatic ring is 1. The molecule has 10 N–H and O–H groups in total. The maximum absolute atomic E-state index is 13.4. The molecule has 1 heterocycles. The summed E-state index contributed by atoms with van der Waals surface area (Å²) < 4.78 is 1.26. The van der Waals surface area contributed by atoms with Gasteiger partial charge in [0.15, 0.2) is 5.82 Å². The van der Waals surface area contributed by atoms with Crippen LogP contribution in [0.2, 0.25) is 0 Å². The van der Waals surface area contributed by atoms with Gasteiger partial charge in [0.1, 0.15) is 6.54 Å². The molecule has 1 aromatic heterocycles. The number of anilines is 2. The molecule has 0 radical (unpaired) electrons. The predicted molar refractivity (Wildman–Crippen MR) is 163 cm³/mol. The van der Waals surface area contributed by atoms with Gasteiger partial charge in [-0.05, 0) is 57.1 Å². The van der Waals surface area contributed by atoms with Gasteiger partial charge in [-0.2, -0.15) is 0 Å². The first-order chi connectivity index (χ1) is 20.0. The molecule has 3 aromatic rings. The summed E-state index contributed by atoms with van der Waals surface area (Å²) in [4.78, 5) is 43.6. The van der Waals surface area contributed by atoms with Crippen molar-refractivity contribution in [1.82, 2.24) is 20.2 Å². The fraction of sp³-hybridized carbons (Fsp3) is 0.345. The molecule has 3 rings (SSSR count). The van der Waals surface area contributed by atoms with Crippen molar-refractivity contribution >= 4 is 29.5 Å². The van der Waals surface area contributed by atoms with Crippen LogP contribution >= 0.6 is 0 Å². The Labute approximate surface area is 244 Å². The third kappa shape index (κ3) is 8.96. The molecule has 226 valence electrons. The van der Waals surface area contributed by atoms with Gasteiger partial charge in [-0.15, -0.1) is 0 Å². The summed E-state index contributed by atoms with van der Waals surface area (Å²) in [6.45, 7) is 4.11. The number of nitrogens with one attached hydrogen (secondary N) is 4. The van der Waals surface area contributed by atoms with Crippen LogP contribution in [0.5, 0.6) is 0 Å². The van der Waals surface area contributed by atoms with Crippen LogP contribution < -0.4 is 33.0 Å². The van der Waals surface area contributed by atoms with E-state index in [0.29, 0.717) is 5.56 Å². The third-order valence-electron chi connectivity index (χ3n) is 6.04. The molecule has 0 saturated heterocycles. The number of carbonyl (C=O) groups excluding carboxylic acids is 2. The summed E-state index contributed by atoms with van der Waals surface area (Å²) in [6, 6.07) is 11.5. The number of aromatic nitrogens is 2. The normalized spacial score (nSPS) is 10.9. The van der Waals surface area contributed by atoms with E-state index in [1.165, 1.54) is 43.1 Å². The zero-order chi connectivity index (χ0) is 31.4. The highest BCUT2D eigenvalue weighted by Crippen LogP contribution is 2.24. The number of hydrogen-bond donors (Lipinski definition) is 8. The van der Waals surface area contributed by atoms with Crippen LogP contribution in [0.4, 0.5) is 11.5 Å². The average molecular weight is 581 g/mol. The van der Waals surface area contributed by atoms with E-state index < -0.39 is 36.1 Å². The quantitative estimate of drug-likeness (QED) is 0.111. The second-order valence-corrected chi connectivity index (χ2v) is 10.0. The van der Waals surface area contributed by atoms with Crippen molar-refractivity contribution in [3.63, 3.8) is 0 Å². The first-order valence-electron chi connectivity index (χ1n) is 13.2. The van der Waals surface area contributed by atoms with E-state index in [0.717, 1.165) is 11.1 Å². The van der Waals surface area contributed by atoms with Gasteiger partial charge in [0.2, 0.25) is 5.91 Å². The lowest BCUT2D eigenvalue weighted by atomic mass is 10.0. The number of hydrogen-bond acceptors (Lipinski definition) is 10. The Morgan fingerprint density at radius 2 is 1.76 bits per heavy atom. The molecule has 13 heteroatoms. The molecule has 2 amide bonds. The summed E-state index contributed by atoms with van der Waals surface area (Å²) in [5, 5.41) is 34.8. The number of nitrogens with zero attached hydrogens (tertiary/aromatic N) is 2. The molecule has 2 aromatic carbocycles. The second kappa shape index (κ2) is 15.4. The highest BCUT2D eigenvalue weighted by Gasteiger charge is 2.26. The lowest BCUT2D eigenvalue weighted by Crippen LogP contribution is -2.51. The van der Waals surface area contributed by atoms with E-state index in [9.17, 15) is 24.6 Å². The first kappa shape index (κ1) is 33.6. The van der Waals surface area contributed by atoms with Crippen molar-refractivity contribution in [2.75, 3.05) is 31.3 Å². The van der Waals surface area contributed by atoms with Gasteiger partial charge in [0.25, 0.3) is 11.5 Å². The van der Waals surface area contributed by atoms with Crippen LogP contribution in [-0.4, -0.2) is 69.6 Å². The molecule has 0 unspecified atom stereocenters. The first-order valence-corrected chi connectivity index (χ1v) is 13.2. The van der Waals surface area contributed by atoms with Gasteiger partial charge in [-0.25, -0.2) is 4.98 Å². The third-order valence-corrected chi connectivity index (χ3v) is 6.04. The van der Waals surface area contributed by atoms with E-state index in [1.54, 1.807) is 30.3 Å². The SMILES string of the molecule is CC(C)Nc1ncc(-c2cc(N)cc(C(=O)NC(C)(CO)CO)c2)n(CC(=O)NCc2ccc(C=N)cc2)c1=O.CN. The van der Waals surface area contributed by atoms with Gasteiger partial charge in [0, 0.05) is 35.6 Å². The summed E-state index contributed by atoms with van der Waals surface area (Å²) in [6.07, 6.45) is 2.66. The maximum Gasteiger partial charge on any atom is 0.294 e. The summed E-state index contributed by atoms with van der Waals surface area (Å²) in [5.74, 6) is -0.951. The van der Waals surface area contributed by atoms with E-state index in [1.807, 2.05) is 13.8 Å². The minimum absolute atomic E-state index is 0.0670. The summed E-state index contributed by atoms with van der Waals surface area (Å²) in [5.41, 5.74) is 11.3. The van der Waals surface area contributed by atoms with Gasteiger partial charge in [0.05, 0.1) is 30.6 Å². The average Bonchev–Trinajstić information content (AvgIpc) is 2.98. The van der Waals surface area contributed by atoms with Gasteiger partial charge >= 0.3 is 0 Å². The number of aliphatic hydroxyl groups excluding tert-OH is 2. The smallest absolute Gasteiger partial charge is 0.294 e. The van der Waals surface area contributed by atoms with Crippen LogP contribution in [0, 0.1) is 5.41 Å². The second-order valence-electron chi connectivity index (χ2n) is 10.0.